The SMILES string of the molecule is CCCCSP(=O)(O)O. The van der Waals surface area contributed by atoms with Gasteiger partial charge in [0.1, 0.15) is 0 Å². The monoisotopic (exact) mass is 170 g/mol. The molecule has 0 heterocycles. The molecular formula is C4H11O3PS. The van der Waals surface area contributed by atoms with E-state index in [1.165, 1.54) is 0 Å². The van der Waals surface area contributed by atoms with Crippen molar-refractivity contribution in [2.45, 2.75) is 19.8 Å². The topological polar surface area (TPSA) is 57.5 Å². The van der Waals surface area contributed by atoms with Gasteiger partial charge in [0.25, 0.3) is 0 Å². The quantitative estimate of drug-likeness (QED) is 0.497. The molecule has 0 aromatic carbocycles. The molecule has 56 valence electrons. The van der Waals surface area contributed by atoms with Crippen LogP contribution in [0.1, 0.15) is 19.8 Å². The molecule has 0 amide bonds. The van der Waals surface area contributed by atoms with Crippen molar-refractivity contribution in [3.05, 3.63) is 0 Å². The Morgan fingerprint density at radius 1 is 1.56 bits per heavy atom. The molecule has 0 bridgehead atoms. The van der Waals surface area contributed by atoms with Crippen LogP contribution in [0.3, 0.4) is 0 Å². The molecule has 0 saturated carbocycles. The number of hydrogen-bond donors (Lipinski definition) is 2. The van der Waals surface area contributed by atoms with E-state index in [0.717, 1.165) is 24.2 Å². The van der Waals surface area contributed by atoms with Crippen LogP contribution in [0.5, 0.6) is 0 Å². The lowest BCUT2D eigenvalue weighted by Gasteiger charge is -1.99. The maximum absolute atomic E-state index is 10.2. The zero-order valence-electron chi connectivity index (χ0n) is 5.28. The molecule has 3 nitrogen and oxygen atoms in total. The first kappa shape index (κ1) is 9.50. The molecule has 2 N–H and O–H groups in total. The molecule has 0 aromatic heterocycles. The number of hydrogen-bond acceptors (Lipinski definition) is 2. The van der Waals surface area contributed by atoms with Crippen LogP contribution in [0, 0.1) is 0 Å². The van der Waals surface area contributed by atoms with E-state index in [1.54, 1.807) is 0 Å². The van der Waals surface area contributed by atoms with Crippen molar-refractivity contribution in [2.75, 3.05) is 5.75 Å². The summed E-state index contributed by atoms with van der Waals surface area (Å²) in [5.74, 6) is 0.556. The largest absolute Gasteiger partial charge is 0.383 e. The third-order valence-corrected chi connectivity index (χ3v) is 3.12. The maximum Gasteiger partial charge on any atom is 0.383 e. The second-order valence-electron chi connectivity index (χ2n) is 1.68. The average Bonchev–Trinajstić information content (AvgIpc) is 1.63. The summed E-state index contributed by atoms with van der Waals surface area (Å²) in [6.07, 6.45) is 1.85. The van der Waals surface area contributed by atoms with Gasteiger partial charge in [0, 0.05) is 5.75 Å². The predicted molar refractivity (Wildman–Crippen MR) is 39.4 cm³/mol. The van der Waals surface area contributed by atoms with E-state index < -0.39 is 6.80 Å². The maximum atomic E-state index is 10.2. The van der Waals surface area contributed by atoms with E-state index in [1.807, 2.05) is 6.92 Å². The molecule has 0 aliphatic rings. The molecule has 0 atom stereocenters. The molecule has 0 aliphatic carbocycles. The highest BCUT2D eigenvalue weighted by molar-refractivity contribution is 8.54. The smallest absolute Gasteiger partial charge is 0.317 e. The van der Waals surface area contributed by atoms with E-state index >= 15 is 0 Å². The Hall–Kier alpha value is 0.500. The predicted octanol–water partition coefficient (Wildman–Crippen LogP) is 1.61. The van der Waals surface area contributed by atoms with Crippen LogP contribution in [0.25, 0.3) is 0 Å². The Morgan fingerprint density at radius 2 is 2.11 bits per heavy atom. The summed E-state index contributed by atoms with van der Waals surface area (Å²) in [6, 6.07) is 0. The Morgan fingerprint density at radius 3 is 2.44 bits per heavy atom. The highest BCUT2D eigenvalue weighted by Gasteiger charge is 2.11. The fourth-order valence-corrected chi connectivity index (χ4v) is 2.08. The van der Waals surface area contributed by atoms with Crippen LogP contribution in [-0.4, -0.2) is 15.5 Å². The van der Waals surface area contributed by atoms with Gasteiger partial charge in [-0.25, -0.2) is 4.57 Å². The van der Waals surface area contributed by atoms with Crippen molar-refractivity contribution in [3.63, 3.8) is 0 Å². The van der Waals surface area contributed by atoms with Crippen LogP contribution < -0.4 is 0 Å². The van der Waals surface area contributed by atoms with E-state index in [-0.39, 0.29) is 0 Å². The first-order valence-electron chi connectivity index (χ1n) is 2.76. The molecule has 0 rings (SSSR count). The van der Waals surface area contributed by atoms with E-state index in [0.29, 0.717) is 5.75 Å². The van der Waals surface area contributed by atoms with Crippen LogP contribution in [0.15, 0.2) is 0 Å². The zero-order valence-corrected chi connectivity index (χ0v) is 6.99. The molecule has 0 aromatic rings. The van der Waals surface area contributed by atoms with Crippen molar-refractivity contribution in [2.24, 2.45) is 0 Å². The Bertz CT molecular complexity index is 110. The Balaban J connectivity index is 3.18. The summed E-state index contributed by atoms with van der Waals surface area (Å²) in [7, 11) is 0. The highest BCUT2D eigenvalue weighted by Crippen LogP contribution is 2.50. The van der Waals surface area contributed by atoms with Crippen molar-refractivity contribution >= 4 is 18.2 Å². The minimum Gasteiger partial charge on any atom is -0.317 e. The normalized spacial score (nSPS) is 11.9. The van der Waals surface area contributed by atoms with Gasteiger partial charge in [-0.15, -0.1) is 0 Å². The van der Waals surface area contributed by atoms with E-state index in [4.69, 9.17) is 9.79 Å². The third kappa shape index (κ3) is 8.50. The fraction of sp³-hybridized carbons (Fsp3) is 1.00. The van der Waals surface area contributed by atoms with E-state index in [9.17, 15) is 4.57 Å². The van der Waals surface area contributed by atoms with Gasteiger partial charge in [-0.2, -0.15) is 0 Å². The van der Waals surface area contributed by atoms with Crippen LogP contribution in [-0.2, 0) is 4.57 Å². The standard InChI is InChI=1S/C4H11O3PS/c1-2-3-4-9-8(5,6)7/h2-4H2,1H3,(H2,5,6,7). The van der Waals surface area contributed by atoms with Crippen LogP contribution in [0.4, 0.5) is 0 Å². The van der Waals surface area contributed by atoms with Crippen LogP contribution >= 0.6 is 18.2 Å². The zero-order chi connectivity index (χ0) is 7.33. The average molecular weight is 170 g/mol. The minimum atomic E-state index is -3.78. The second-order valence-corrected chi connectivity index (χ2v) is 5.53. The van der Waals surface area contributed by atoms with Gasteiger partial charge in [0.05, 0.1) is 0 Å². The lowest BCUT2D eigenvalue weighted by Crippen LogP contribution is -1.77. The molecule has 0 fully saturated rings. The first-order chi connectivity index (χ1) is 4.06. The van der Waals surface area contributed by atoms with Gasteiger partial charge < -0.3 is 9.79 Å². The summed E-state index contributed by atoms with van der Waals surface area (Å²) >= 11 is 0.725. The lowest BCUT2D eigenvalue weighted by molar-refractivity contribution is 0.397. The fourth-order valence-electron chi connectivity index (χ4n) is 0.328. The van der Waals surface area contributed by atoms with Gasteiger partial charge in [0.2, 0.25) is 0 Å². The first-order valence-corrected chi connectivity index (χ1v) is 5.96. The van der Waals surface area contributed by atoms with Gasteiger partial charge in [-0.05, 0) is 17.8 Å². The van der Waals surface area contributed by atoms with Gasteiger partial charge >= 0.3 is 6.80 Å². The molecule has 0 unspecified atom stereocenters. The minimum absolute atomic E-state index is 0.556. The second kappa shape index (κ2) is 4.34. The number of rotatable bonds is 4. The Kier molecular flexibility index (Phi) is 4.58. The summed E-state index contributed by atoms with van der Waals surface area (Å²) in [5.41, 5.74) is 0. The van der Waals surface area contributed by atoms with Crippen molar-refractivity contribution < 1.29 is 14.4 Å². The third-order valence-electron chi connectivity index (χ3n) is 0.757. The Labute approximate surface area is 58.8 Å². The van der Waals surface area contributed by atoms with Gasteiger partial charge in [-0.1, -0.05) is 13.3 Å². The van der Waals surface area contributed by atoms with Crippen LogP contribution in [0.2, 0.25) is 0 Å². The van der Waals surface area contributed by atoms with Gasteiger partial charge in [0.15, 0.2) is 0 Å². The lowest BCUT2D eigenvalue weighted by atomic mass is 10.4. The highest BCUT2D eigenvalue weighted by atomic mass is 32.7. The summed E-state index contributed by atoms with van der Waals surface area (Å²) < 4.78 is 10.2. The summed E-state index contributed by atoms with van der Waals surface area (Å²) in [6.45, 7) is -1.79. The summed E-state index contributed by atoms with van der Waals surface area (Å²) in [4.78, 5) is 16.6. The molecule has 5 heteroatoms. The van der Waals surface area contributed by atoms with E-state index in [2.05, 4.69) is 0 Å². The van der Waals surface area contributed by atoms with Crippen molar-refractivity contribution in [1.29, 1.82) is 0 Å². The molecule has 9 heavy (non-hydrogen) atoms. The molecule has 0 saturated heterocycles. The molecule has 0 aliphatic heterocycles. The van der Waals surface area contributed by atoms with Crippen molar-refractivity contribution in [1.82, 2.24) is 0 Å². The molecule has 0 radical (unpaired) electrons. The summed E-state index contributed by atoms with van der Waals surface area (Å²) in [5, 5.41) is 0. The van der Waals surface area contributed by atoms with Crippen molar-refractivity contribution in [3.8, 4) is 0 Å². The number of unbranched alkanes of at least 4 members (excludes halogenated alkanes) is 1. The van der Waals surface area contributed by atoms with Gasteiger partial charge in [-0.3, -0.25) is 0 Å². The molecule has 0 spiro atoms. The molecular weight excluding hydrogens is 159 g/mol.